The van der Waals surface area contributed by atoms with Gasteiger partial charge in [0.2, 0.25) is 0 Å². The Morgan fingerprint density at radius 1 is 1.41 bits per heavy atom. The van der Waals surface area contributed by atoms with Gasteiger partial charge in [0.05, 0.1) is 12.7 Å². The monoisotopic (exact) mass is 341 g/mol. The van der Waals surface area contributed by atoms with Crippen LogP contribution in [0.2, 0.25) is 0 Å². The number of rotatable bonds is 3. The predicted molar refractivity (Wildman–Crippen MR) is 82.6 cm³/mol. The van der Waals surface area contributed by atoms with Gasteiger partial charge in [-0.3, -0.25) is 4.79 Å². The standard InChI is InChI=1S/C14H15NO5S2/c1-9-13(14(16)17)15(6-7-20-9)22(18,19)12-8-10-4-2-3-5-11(10)21-12/h2-5,8-9,13H,6-7H2,1H3,(H,16,17)/t9-,13+/m0/s1. The van der Waals surface area contributed by atoms with Crippen LogP contribution in [0.15, 0.2) is 34.5 Å². The summed E-state index contributed by atoms with van der Waals surface area (Å²) in [5.41, 5.74) is 0. The highest BCUT2D eigenvalue weighted by molar-refractivity contribution is 7.91. The third kappa shape index (κ3) is 2.52. The lowest BCUT2D eigenvalue weighted by molar-refractivity contribution is -0.150. The third-order valence-electron chi connectivity index (χ3n) is 3.67. The highest BCUT2D eigenvalue weighted by Crippen LogP contribution is 2.32. The Morgan fingerprint density at radius 2 is 2.14 bits per heavy atom. The minimum Gasteiger partial charge on any atom is -0.480 e. The number of carboxylic acids is 1. The lowest BCUT2D eigenvalue weighted by atomic mass is 10.1. The first-order valence-electron chi connectivity index (χ1n) is 6.76. The van der Waals surface area contributed by atoms with Crippen LogP contribution in [0.3, 0.4) is 0 Å². The predicted octanol–water partition coefficient (Wildman–Crippen LogP) is 1.76. The molecule has 2 atom stereocenters. The highest BCUT2D eigenvalue weighted by atomic mass is 32.2. The third-order valence-corrected chi connectivity index (χ3v) is 7.11. The molecule has 0 spiro atoms. The van der Waals surface area contributed by atoms with Crippen LogP contribution in [0.4, 0.5) is 0 Å². The molecule has 1 aliphatic heterocycles. The number of nitrogens with zero attached hydrogens (tertiary/aromatic N) is 1. The highest BCUT2D eigenvalue weighted by Gasteiger charge is 2.43. The minimum absolute atomic E-state index is 0.0396. The van der Waals surface area contributed by atoms with Crippen molar-refractivity contribution < 1.29 is 23.1 Å². The maximum Gasteiger partial charge on any atom is 0.324 e. The van der Waals surface area contributed by atoms with Crippen molar-refractivity contribution in [1.29, 1.82) is 0 Å². The fourth-order valence-electron chi connectivity index (χ4n) is 2.59. The summed E-state index contributed by atoms with van der Waals surface area (Å²) in [4.78, 5) is 11.4. The van der Waals surface area contributed by atoms with Crippen molar-refractivity contribution in [3.8, 4) is 0 Å². The molecule has 0 unspecified atom stereocenters. The number of morpholine rings is 1. The van der Waals surface area contributed by atoms with E-state index in [9.17, 15) is 18.3 Å². The molecular weight excluding hydrogens is 326 g/mol. The number of ether oxygens (including phenoxy) is 1. The normalized spacial score (nSPS) is 23.7. The molecule has 0 bridgehead atoms. The zero-order valence-electron chi connectivity index (χ0n) is 11.8. The summed E-state index contributed by atoms with van der Waals surface area (Å²) >= 11 is 1.15. The maximum absolute atomic E-state index is 12.8. The Labute approximate surface area is 132 Å². The van der Waals surface area contributed by atoms with Gasteiger partial charge in [-0.25, -0.2) is 8.42 Å². The summed E-state index contributed by atoms with van der Waals surface area (Å²) in [6, 6.07) is 7.74. The fourth-order valence-corrected chi connectivity index (χ4v) is 5.74. The zero-order chi connectivity index (χ0) is 15.9. The van der Waals surface area contributed by atoms with Crippen molar-refractivity contribution in [2.75, 3.05) is 13.2 Å². The van der Waals surface area contributed by atoms with Gasteiger partial charge in [0.25, 0.3) is 10.0 Å². The molecule has 2 aromatic rings. The first-order chi connectivity index (χ1) is 10.4. The van der Waals surface area contributed by atoms with Gasteiger partial charge < -0.3 is 9.84 Å². The smallest absolute Gasteiger partial charge is 0.324 e. The number of hydrogen-bond donors (Lipinski definition) is 1. The molecule has 1 N–H and O–H groups in total. The molecular formula is C14H15NO5S2. The van der Waals surface area contributed by atoms with Crippen LogP contribution in [0.5, 0.6) is 0 Å². The quantitative estimate of drug-likeness (QED) is 0.920. The molecule has 6 nitrogen and oxygen atoms in total. The second-order valence-corrected chi connectivity index (χ2v) is 8.28. The van der Waals surface area contributed by atoms with Gasteiger partial charge in [0.15, 0.2) is 0 Å². The van der Waals surface area contributed by atoms with Gasteiger partial charge in [0, 0.05) is 11.2 Å². The van der Waals surface area contributed by atoms with E-state index >= 15 is 0 Å². The summed E-state index contributed by atoms with van der Waals surface area (Å²) in [5.74, 6) is -1.20. The number of carbonyl (C=O) groups is 1. The molecule has 1 aliphatic rings. The summed E-state index contributed by atoms with van der Waals surface area (Å²) in [6.45, 7) is 1.80. The zero-order valence-corrected chi connectivity index (χ0v) is 13.4. The average molecular weight is 341 g/mol. The van der Waals surface area contributed by atoms with Crippen LogP contribution in [0.25, 0.3) is 10.1 Å². The van der Waals surface area contributed by atoms with Crippen LogP contribution in [-0.4, -0.2) is 49.1 Å². The average Bonchev–Trinajstić information content (AvgIpc) is 2.91. The lowest BCUT2D eigenvalue weighted by Gasteiger charge is -2.35. The van der Waals surface area contributed by atoms with Crippen molar-refractivity contribution in [1.82, 2.24) is 4.31 Å². The number of carboxylic acid groups (broad SMARTS) is 1. The molecule has 118 valence electrons. The van der Waals surface area contributed by atoms with Crippen LogP contribution in [0, 0.1) is 0 Å². The van der Waals surface area contributed by atoms with Crippen LogP contribution < -0.4 is 0 Å². The van der Waals surface area contributed by atoms with E-state index in [-0.39, 0.29) is 17.4 Å². The topological polar surface area (TPSA) is 83.9 Å². The summed E-state index contributed by atoms with van der Waals surface area (Å²) in [5, 5.41) is 10.2. The summed E-state index contributed by atoms with van der Waals surface area (Å²) in [6.07, 6.45) is -0.685. The first-order valence-corrected chi connectivity index (χ1v) is 9.02. The second kappa shape index (κ2) is 5.62. The first kappa shape index (κ1) is 15.4. The van der Waals surface area contributed by atoms with E-state index in [1.54, 1.807) is 13.0 Å². The number of hydrogen-bond acceptors (Lipinski definition) is 5. The number of thiophene rings is 1. The Balaban J connectivity index is 2.05. The Bertz CT molecular complexity index is 781. The van der Waals surface area contributed by atoms with Crippen molar-refractivity contribution in [3.05, 3.63) is 30.3 Å². The molecule has 0 aliphatic carbocycles. The Kier molecular flexibility index (Phi) is 3.94. The van der Waals surface area contributed by atoms with Crippen LogP contribution in [-0.2, 0) is 19.6 Å². The van der Waals surface area contributed by atoms with E-state index in [0.29, 0.717) is 0 Å². The molecule has 22 heavy (non-hydrogen) atoms. The Morgan fingerprint density at radius 3 is 2.82 bits per heavy atom. The molecule has 1 aromatic carbocycles. The maximum atomic E-state index is 12.8. The van der Waals surface area contributed by atoms with E-state index < -0.39 is 28.1 Å². The molecule has 0 radical (unpaired) electrons. The molecule has 1 aromatic heterocycles. The number of fused-ring (bicyclic) bond motifs is 1. The summed E-state index contributed by atoms with van der Waals surface area (Å²) in [7, 11) is -3.86. The van der Waals surface area contributed by atoms with Gasteiger partial charge in [-0.05, 0) is 24.4 Å². The number of sulfonamides is 1. The molecule has 0 saturated carbocycles. The van der Waals surface area contributed by atoms with E-state index in [4.69, 9.17) is 4.74 Å². The summed E-state index contributed by atoms with van der Waals surface area (Å²) < 4.78 is 33.0. The number of aliphatic carboxylic acids is 1. The fraction of sp³-hybridized carbons (Fsp3) is 0.357. The van der Waals surface area contributed by atoms with Crippen molar-refractivity contribution in [3.63, 3.8) is 0 Å². The largest absolute Gasteiger partial charge is 0.480 e. The van der Waals surface area contributed by atoms with Crippen LogP contribution >= 0.6 is 11.3 Å². The van der Waals surface area contributed by atoms with E-state index in [0.717, 1.165) is 25.7 Å². The van der Waals surface area contributed by atoms with Crippen molar-refractivity contribution in [2.45, 2.75) is 23.3 Å². The van der Waals surface area contributed by atoms with E-state index in [1.807, 2.05) is 24.3 Å². The van der Waals surface area contributed by atoms with Gasteiger partial charge in [-0.2, -0.15) is 4.31 Å². The molecule has 0 amide bonds. The SMILES string of the molecule is C[C@@H]1OCCN(S(=O)(=O)c2cc3ccccc3s2)[C@H]1C(=O)O. The molecule has 1 fully saturated rings. The molecule has 3 rings (SSSR count). The van der Waals surface area contributed by atoms with Gasteiger partial charge in [-0.1, -0.05) is 18.2 Å². The minimum atomic E-state index is -3.86. The molecule has 1 saturated heterocycles. The van der Waals surface area contributed by atoms with Gasteiger partial charge in [-0.15, -0.1) is 11.3 Å². The molecule has 2 heterocycles. The lowest BCUT2D eigenvalue weighted by Crippen LogP contribution is -2.56. The second-order valence-electron chi connectivity index (χ2n) is 5.08. The van der Waals surface area contributed by atoms with Crippen LogP contribution in [0.1, 0.15) is 6.92 Å². The Hall–Kier alpha value is -1.48. The van der Waals surface area contributed by atoms with Crippen molar-refractivity contribution in [2.24, 2.45) is 0 Å². The van der Waals surface area contributed by atoms with E-state index in [2.05, 4.69) is 0 Å². The van der Waals surface area contributed by atoms with E-state index in [1.165, 1.54) is 0 Å². The van der Waals surface area contributed by atoms with Gasteiger partial charge in [0.1, 0.15) is 10.3 Å². The number of benzene rings is 1. The van der Waals surface area contributed by atoms with Crippen molar-refractivity contribution >= 4 is 37.4 Å². The van der Waals surface area contributed by atoms with Gasteiger partial charge >= 0.3 is 5.97 Å². The molecule has 8 heteroatoms.